The maximum absolute atomic E-state index is 11.1. The van der Waals surface area contributed by atoms with E-state index in [0.29, 0.717) is 28.5 Å². The first-order valence-electron chi connectivity index (χ1n) is 7.91. The highest BCUT2D eigenvalue weighted by Crippen LogP contribution is 2.24. The number of carbonyl (C=O) groups excluding carboxylic acids is 1. The molecule has 3 rings (SSSR count). The van der Waals surface area contributed by atoms with E-state index < -0.39 is 10.1 Å². The van der Waals surface area contributed by atoms with Crippen molar-refractivity contribution >= 4 is 33.6 Å². The number of nitrogens with zero attached hydrogens (tertiary/aromatic N) is 1. The van der Waals surface area contributed by atoms with Gasteiger partial charge in [-0.25, -0.2) is 0 Å². The minimum absolute atomic E-state index is 0.140. The normalized spacial score (nSPS) is 11.6. The van der Waals surface area contributed by atoms with Crippen molar-refractivity contribution in [1.82, 2.24) is 0 Å². The van der Waals surface area contributed by atoms with Crippen molar-refractivity contribution in [2.75, 3.05) is 5.32 Å². The molecule has 2 N–H and O–H groups in total. The average molecular weight is 384 g/mol. The van der Waals surface area contributed by atoms with Crippen molar-refractivity contribution in [2.45, 2.75) is 11.8 Å². The highest BCUT2D eigenvalue weighted by atomic mass is 32.2. The number of furan rings is 1. The molecule has 8 heteroatoms. The summed E-state index contributed by atoms with van der Waals surface area (Å²) in [4.78, 5) is 15.1. The van der Waals surface area contributed by atoms with Crippen LogP contribution in [0, 0.1) is 0 Å². The molecule has 7 nitrogen and oxygen atoms in total. The molecule has 0 saturated carbocycles. The third-order valence-corrected chi connectivity index (χ3v) is 4.46. The molecule has 1 aromatic heterocycles. The SMILES string of the molecule is CC(=O)Nc1ccc(N=Cc2ccc(-c3ccc(S(=O)(=O)O)cc3)o2)cc1. The summed E-state index contributed by atoms with van der Waals surface area (Å²) in [5.74, 6) is 0.924. The summed E-state index contributed by atoms with van der Waals surface area (Å²) in [6.45, 7) is 1.44. The summed E-state index contributed by atoms with van der Waals surface area (Å²) in [5, 5.41) is 2.68. The van der Waals surface area contributed by atoms with Crippen molar-refractivity contribution in [1.29, 1.82) is 0 Å². The van der Waals surface area contributed by atoms with E-state index in [1.54, 1.807) is 54.7 Å². The molecule has 0 aliphatic rings. The fourth-order valence-corrected chi connectivity index (χ4v) is 2.82. The zero-order valence-electron chi connectivity index (χ0n) is 14.3. The highest BCUT2D eigenvalue weighted by Gasteiger charge is 2.10. The minimum Gasteiger partial charge on any atom is -0.455 e. The van der Waals surface area contributed by atoms with Gasteiger partial charge >= 0.3 is 0 Å². The van der Waals surface area contributed by atoms with Crippen LogP contribution >= 0.6 is 0 Å². The Hall–Kier alpha value is -3.23. The summed E-state index contributed by atoms with van der Waals surface area (Å²) in [6.07, 6.45) is 1.56. The van der Waals surface area contributed by atoms with Crippen LogP contribution < -0.4 is 5.32 Å². The molecule has 0 unspecified atom stereocenters. The monoisotopic (exact) mass is 384 g/mol. The molecule has 0 atom stereocenters. The van der Waals surface area contributed by atoms with Gasteiger partial charge in [-0.2, -0.15) is 8.42 Å². The number of hydrogen-bond donors (Lipinski definition) is 2. The number of aliphatic imine (C=N–C) groups is 1. The Kier molecular flexibility index (Phi) is 5.20. The van der Waals surface area contributed by atoms with Gasteiger partial charge < -0.3 is 9.73 Å². The van der Waals surface area contributed by atoms with E-state index in [1.165, 1.54) is 19.1 Å². The molecule has 0 spiro atoms. The molecule has 1 amide bonds. The van der Waals surface area contributed by atoms with Crippen LogP contribution in [-0.4, -0.2) is 25.1 Å². The molecule has 0 aliphatic carbocycles. The van der Waals surface area contributed by atoms with E-state index in [1.807, 2.05) is 0 Å². The van der Waals surface area contributed by atoms with E-state index >= 15 is 0 Å². The van der Waals surface area contributed by atoms with Crippen LogP contribution in [-0.2, 0) is 14.9 Å². The summed E-state index contributed by atoms with van der Waals surface area (Å²) in [5.41, 5.74) is 2.05. The van der Waals surface area contributed by atoms with Crippen molar-refractivity contribution in [2.24, 2.45) is 4.99 Å². The quantitative estimate of drug-likeness (QED) is 0.512. The number of rotatable bonds is 5. The van der Waals surface area contributed by atoms with E-state index in [9.17, 15) is 13.2 Å². The second-order valence-electron chi connectivity index (χ2n) is 5.69. The lowest BCUT2D eigenvalue weighted by atomic mass is 10.2. The molecule has 0 bridgehead atoms. The number of hydrogen-bond acceptors (Lipinski definition) is 5. The van der Waals surface area contributed by atoms with Crippen molar-refractivity contribution < 1.29 is 22.2 Å². The first-order valence-corrected chi connectivity index (χ1v) is 9.35. The van der Waals surface area contributed by atoms with Gasteiger partial charge in [0.2, 0.25) is 5.91 Å². The number of benzene rings is 2. The van der Waals surface area contributed by atoms with Crippen LogP contribution in [0.1, 0.15) is 12.7 Å². The van der Waals surface area contributed by atoms with Gasteiger partial charge in [-0.1, -0.05) is 0 Å². The van der Waals surface area contributed by atoms with Gasteiger partial charge in [0.15, 0.2) is 0 Å². The van der Waals surface area contributed by atoms with Gasteiger partial charge in [0.1, 0.15) is 11.5 Å². The van der Waals surface area contributed by atoms with Crippen molar-refractivity contribution in [3.05, 3.63) is 66.4 Å². The average Bonchev–Trinajstić information content (AvgIpc) is 3.09. The molecule has 2 aromatic carbocycles. The molecule has 138 valence electrons. The van der Waals surface area contributed by atoms with Crippen LogP contribution in [0.3, 0.4) is 0 Å². The molecule has 0 saturated heterocycles. The van der Waals surface area contributed by atoms with E-state index in [-0.39, 0.29) is 10.8 Å². The Morgan fingerprint density at radius 2 is 1.70 bits per heavy atom. The molecule has 3 aromatic rings. The Balaban J connectivity index is 1.72. The van der Waals surface area contributed by atoms with Gasteiger partial charge in [0.25, 0.3) is 10.1 Å². The van der Waals surface area contributed by atoms with E-state index in [0.717, 1.165) is 0 Å². The molecular formula is C19H16N2O5S. The predicted octanol–water partition coefficient (Wildman–Crippen LogP) is 3.90. The zero-order valence-corrected chi connectivity index (χ0v) is 15.1. The lowest BCUT2D eigenvalue weighted by Crippen LogP contribution is -2.04. The summed E-state index contributed by atoms with van der Waals surface area (Å²) in [7, 11) is -4.22. The first kappa shape index (κ1) is 18.6. The number of carbonyl (C=O) groups is 1. The standard InChI is InChI=1S/C19H16N2O5S/c1-13(22)21-16-6-4-15(5-7-16)20-12-17-8-11-19(26-17)14-2-9-18(10-3-14)27(23,24)25/h2-12H,1H3,(H,21,22)(H,23,24,25). The van der Waals surface area contributed by atoms with Crippen LogP contribution in [0.15, 0.2) is 75.0 Å². The lowest BCUT2D eigenvalue weighted by molar-refractivity contribution is -0.114. The number of nitrogens with one attached hydrogen (secondary N) is 1. The molecule has 0 aliphatic heterocycles. The summed E-state index contributed by atoms with van der Waals surface area (Å²) < 4.78 is 36.8. The van der Waals surface area contributed by atoms with Crippen molar-refractivity contribution in [3.8, 4) is 11.3 Å². The van der Waals surface area contributed by atoms with Crippen LogP contribution in [0.2, 0.25) is 0 Å². The first-order chi connectivity index (χ1) is 12.8. The second kappa shape index (κ2) is 7.56. The maximum atomic E-state index is 11.1. The topological polar surface area (TPSA) is 109 Å². The lowest BCUT2D eigenvalue weighted by Gasteiger charge is -2.01. The smallest absolute Gasteiger partial charge is 0.294 e. The van der Waals surface area contributed by atoms with Gasteiger partial charge in [0, 0.05) is 18.2 Å². The van der Waals surface area contributed by atoms with Gasteiger partial charge in [0.05, 0.1) is 16.8 Å². The molecule has 0 radical (unpaired) electrons. The Morgan fingerprint density at radius 1 is 1.04 bits per heavy atom. The number of amides is 1. The van der Waals surface area contributed by atoms with Gasteiger partial charge in [-0.15, -0.1) is 0 Å². The van der Waals surface area contributed by atoms with Crippen LogP contribution in [0.25, 0.3) is 11.3 Å². The van der Waals surface area contributed by atoms with Crippen molar-refractivity contribution in [3.63, 3.8) is 0 Å². The molecule has 0 fully saturated rings. The number of anilines is 1. The van der Waals surface area contributed by atoms with Gasteiger partial charge in [-0.3, -0.25) is 14.3 Å². The minimum atomic E-state index is -4.22. The van der Waals surface area contributed by atoms with Gasteiger partial charge in [-0.05, 0) is 60.7 Å². The maximum Gasteiger partial charge on any atom is 0.294 e. The predicted molar refractivity (Wildman–Crippen MR) is 102 cm³/mol. The fraction of sp³-hybridized carbons (Fsp3) is 0.0526. The zero-order chi connectivity index (χ0) is 19.4. The molecular weight excluding hydrogens is 368 g/mol. The Morgan fingerprint density at radius 3 is 2.30 bits per heavy atom. The summed E-state index contributed by atoms with van der Waals surface area (Å²) in [6, 6.07) is 16.2. The second-order valence-corrected chi connectivity index (χ2v) is 7.11. The third-order valence-electron chi connectivity index (χ3n) is 3.59. The summed E-state index contributed by atoms with van der Waals surface area (Å²) >= 11 is 0. The fourth-order valence-electron chi connectivity index (χ4n) is 2.34. The third kappa shape index (κ3) is 4.90. The Bertz CT molecular complexity index is 1080. The Labute approximate surface area is 156 Å². The van der Waals surface area contributed by atoms with E-state index in [2.05, 4.69) is 10.3 Å². The highest BCUT2D eigenvalue weighted by molar-refractivity contribution is 7.85. The van der Waals surface area contributed by atoms with Crippen LogP contribution in [0.4, 0.5) is 11.4 Å². The molecule has 1 heterocycles. The molecule has 27 heavy (non-hydrogen) atoms. The van der Waals surface area contributed by atoms with E-state index in [4.69, 9.17) is 8.97 Å². The largest absolute Gasteiger partial charge is 0.455 e. The van der Waals surface area contributed by atoms with Crippen LogP contribution in [0.5, 0.6) is 0 Å².